The van der Waals surface area contributed by atoms with E-state index in [2.05, 4.69) is 23.0 Å². The predicted molar refractivity (Wildman–Crippen MR) is 117 cm³/mol. The molecule has 0 radical (unpaired) electrons. The average Bonchev–Trinajstić information content (AvgIpc) is 3.45. The second-order valence-electron chi connectivity index (χ2n) is 8.66. The standard InChI is InChI=1S/C22H28ClN5O2/c1-16-18(5-4-6-20(16)23)12-26-9-7-22(14-26)8-10-27(15-22)21(30)28-13-19(11-24-28)25(3)17(2)29/h4-6,11,13H,7-10,12,14-15H2,1-3H3. The van der Waals surface area contributed by atoms with Crippen LogP contribution in [0.3, 0.4) is 0 Å². The Labute approximate surface area is 182 Å². The molecule has 2 aliphatic heterocycles. The number of rotatable bonds is 3. The highest BCUT2D eigenvalue weighted by molar-refractivity contribution is 6.31. The number of halogens is 1. The third kappa shape index (κ3) is 3.96. The molecule has 1 spiro atoms. The van der Waals surface area contributed by atoms with Crippen LogP contribution >= 0.6 is 11.6 Å². The van der Waals surface area contributed by atoms with Gasteiger partial charge in [-0.25, -0.2) is 4.79 Å². The lowest BCUT2D eigenvalue weighted by atomic mass is 9.86. The van der Waals surface area contributed by atoms with E-state index in [9.17, 15) is 9.59 Å². The predicted octanol–water partition coefficient (Wildman–Crippen LogP) is 3.39. The fraction of sp³-hybridized carbons (Fsp3) is 0.500. The summed E-state index contributed by atoms with van der Waals surface area (Å²) in [5, 5.41) is 4.99. The zero-order chi connectivity index (χ0) is 21.5. The van der Waals surface area contributed by atoms with Crippen LogP contribution < -0.4 is 4.90 Å². The Hall–Kier alpha value is -2.38. The first-order valence-electron chi connectivity index (χ1n) is 10.3. The van der Waals surface area contributed by atoms with Gasteiger partial charge in [-0.3, -0.25) is 9.69 Å². The van der Waals surface area contributed by atoms with Crippen LogP contribution in [0.1, 0.15) is 30.9 Å². The maximum atomic E-state index is 12.9. The average molecular weight is 430 g/mol. The molecule has 0 saturated carbocycles. The monoisotopic (exact) mass is 429 g/mol. The molecule has 30 heavy (non-hydrogen) atoms. The van der Waals surface area contributed by atoms with Gasteiger partial charge < -0.3 is 9.80 Å². The number of amides is 2. The van der Waals surface area contributed by atoms with Crippen molar-refractivity contribution in [3.8, 4) is 0 Å². The van der Waals surface area contributed by atoms with Crippen LogP contribution in [0.4, 0.5) is 10.5 Å². The van der Waals surface area contributed by atoms with Crippen molar-refractivity contribution >= 4 is 29.2 Å². The third-order valence-electron chi connectivity index (χ3n) is 6.62. The lowest BCUT2D eigenvalue weighted by molar-refractivity contribution is -0.116. The van der Waals surface area contributed by atoms with Gasteiger partial charge in [-0.15, -0.1) is 0 Å². The van der Waals surface area contributed by atoms with Gasteiger partial charge in [0.15, 0.2) is 0 Å². The van der Waals surface area contributed by atoms with E-state index in [4.69, 9.17) is 11.6 Å². The van der Waals surface area contributed by atoms with E-state index in [-0.39, 0.29) is 17.4 Å². The maximum absolute atomic E-state index is 12.9. The quantitative estimate of drug-likeness (QED) is 0.750. The van der Waals surface area contributed by atoms with Gasteiger partial charge in [0.05, 0.1) is 18.1 Å². The molecule has 2 amide bonds. The second kappa shape index (κ2) is 8.04. The normalized spacial score (nSPS) is 21.5. The molecule has 1 atom stereocenters. The van der Waals surface area contributed by atoms with Crippen molar-refractivity contribution in [2.45, 2.75) is 33.2 Å². The molecule has 0 bridgehead atoms. The molecule has 2 aliphatic rings. The molecule has 160 valence electrons. The summed E-state index contributed by atoms with van der Waals surface area (Å²) in [6, 6.07) is 5.96. The summed E-state index contributed by atoms with van der Waals surface area (Å²) in [6.45, 7) is 7.95. The summed E-state index contributed by atoms with van der Waals surface area (Å²) in [6.07, 6.45) is 5.27. The summed E-state index contributed by atoms with van der Waals surface area (Å²) in [4.78, 5) is 30.3. The zero-order valence-electron chi connectivity index (χ0n) is 17.8. The molecule has 3 heterocycles. The molecule has 1 unspecified atom stereocenters. The topological polar surface area (TPSA) is 61.7 Å². The second-order valence-corrected chi connectivity index (χ2v) is 9.07. The van der Waals surface area contributed by atoms with Gasteiger partial charge in [-0.05, 0) is 43.5 Å². The van der Waals surface area contributed by atoms with E-state index >= 15 is 0 Å². The van der Waals surface area contributed by atoms with Gasteiger partial charge in [-0.1, -0.05) is 23.7 Å². The van der Waals surface area contributed by atoms with E-state index in [1.807, 2.05) is 17.0 Å². The van der Waals surface area contributed by atoms with Gasteiger partial charge >= 0.3 is 6.03 Å². The summed E-state index contributed by atoms with van der Waals surface area (Å²) >= 11 is 6.28. The van der Waals surface area contributed by atoms with Crippen LogP contribution in [-0.2, 0) is 11.3 Å². The highest BCUT2D eigenvalue weighted by atomic mass is 35.5. The van der Waals surface area contributed by atoms with Crippen molar-refractivity contribution in [1.82, 2.24) is 19.6 Å². The van der Waals surface area contributed by atoms with Crippen LogP contribution in [0.25, 0.3) is 0 Å². The largest absolute Gasteiger partial charge is 0.344 e. The third-order valence-corrected chi connectivity index (χ3v) is 7.03. The van der Waals surface area contributed by atoms with Gasteiger partial charge in [0.25, 0.3) is 0 Å². The van der Waals surface area contributed by atoms with Gasteiger partial charge in [0.2, 0.25) is 5.91 Å². The van der Waals surface area contributed by atoms with Crippen LogP contribution in [-0.4, -0.2) is 64.7 Å². The molecule has 0 N–H and O–H groups in total. The minimum Gasteiger partial charge on any atom is -0.322 e. The van der Waals surface area contributed by atoms with Gasteiger partial charge in [0.1, 0.15) is 0 Å². The number of hydrogen-bond acceptors (Lipinski definition) is 4. The fourth-order valence-electron chi connectivity index (χ4n) is 4.58. The Morgan fingerprint density at radius 2 is 2.00 bits per heavy atom. The molecule has 1 aromatic heterocycles. The summed E-state index contributed by atoms with van der Waals surface area (Å²) < 4.78 is 1.34. The molecule has 1 aromatic carbocycles. The number of nitrogens with zero attached hydrogens (tertiary/aromatic N) is 5. The molecule has 2 fully saturated rings. The SMILES string of the molecule is CC(=O)N(C)c1cnn(C(=O)N2CCC3(CCN(Cc4cccc(Cl)c4C)C3)C2)c1. The van der Waals surface area contributed by atoms with Crippen molar-refractivity contribution in [3.05, 3.63) is 46.7 Å². The number of hydrogen-bond donors (Lipinski definition) is 0. The first kappa shape index (κ1) is 20.9. The molecule has 4 rings (SSSR count). The van der Waals surface area contributed by atoms with E-state index in [0.29, 0.717) is 5.69 Å². The lowest BCUT2D eigenvalue weighted by Crippen LogP contribution is -2.36. The number of benzene rings is 1. The Morgan fingerprint density at radius 1 is 1.23 bits per heavy atom. The van der Waals surface area contributed by atoms with E-state index in [0.717, 1.165) is 56.2 Å². The van der Waals surface area contributed by atoms with E-state index in [1.165, 1.54) is 22.1 Å². The van der Waals surface area contributed by atoms with Crippen LogP contribution in [0.15, 0.2) is 30.6 Å². The Bertz CT molecular complexity index is 974. The van der Waals surface area contributed by atoms with Crippen molar-refractivity contribution in [2.75, 3.05) is 38.1 Å². The summed E-state index contributed by atoms with van der Waals surface area (Å²) in [5.74, 6) is -0.0943. The molecule has 0 aliphatic carbocycles. The first-order valence-corrected chi connectivity index (χ1v) is 10.7. The highest BCUT2D eigenvalue weighted by Crippen LogP contribution is 2.40. The Morgan fingerprint density at radius 3 is 2.77 bits per heavy atom. The number of likely N-dealkylation sites (tertiary alicyclic amines) is 2. The zero-order valence-corrected chi connectivity index (χ0v) is 18.5. The summed E-state index contributed by atoms with van der Waals surface area (Å²) in [7, 11) is 1.67. The van der Waals surface area contributed by atoms with E-state index in [1.54, 1.807) is 19.4 Å². The number of carbonyl (C=O) groups is 2. The smallest absolute Gasteiger partial charge is 0.322 e. The van der Waals surface area contributed by atoms with Crippen molar-refractivity contribution in [2.24, 2.45) is 5.41 Å². The van der Waals surface area contributed by atoms with Crippen molar-refractivity contribution < 1.29 is 9.59 Å². The highest BCUT2D eigenvalue weighted by Gasteiger charge is 2.45. The van der Waals surface area contributed by atoms with Crippen LogP contribution in [0.5, 0.6) is 0 Å². The molecular weight excluding hydrogens is 402 g/mol. The lowest BCUT2D eigenvalue weighted by Gasteiger charge is -2.25. The number of carbonyl (C=O) groups excluding carboxylic acids is 2. The summed E-state index contributed by atoms with van der Waals surface area (Å²) in [5.41, 5.74) is 3.18. The van der Waals surface area contributed by atoms with Gasteiger partial charge in [0, 0.05) is 50.6 Å². The molecule has 7 nitrogen and oxygen atoms in total. The minimum atomic E-state index is -0.126. The number of aromatic nitrogens is 2. The van der Waals surface area contributed by atoms with Crippen LogP contribution in [0, 0.1) is 12.3 Å². The van der Waals surface area contributed by atoms with Gasteiger partial charge in [-0.2, -0.15) is 9.78 Å². The molecular formula is C22H28ClN5O2. The van der Waals surface area contributed by atoms with Crippen molar-refractivity contribution in [3.63, 3.8) is 0 Å². The molecule has 8 heteroatoms. The Kier molecular flexibility index (Phi) is 5.59. The minimum absolute atomic E-state index is 0.0943. The fourth-order valence-corrected chi connectivity index (χ4v) is 4.77. The Balaban J connectivity index is 1.39. The van der Waals surface area contributed by atoms with Crippen molar-refractivity contribution in [1.29, 1.82) is 0 Å². The number of anilines is 1. The first-order chi connectivity index (χ1) is 14.3. The maximum Gasteiger partial charge on any atom is 0.344 e. The molecule has 2 saturated heterocycles. The van der Waals surface area contributed by atoms with E-state index < -0.39 is 0 Å². The molecule has 2 aromatic rings. The van der Waals surface area contributed by atoms with Crippen LogP contribution in [0.2, 0.25) is 5.02 Å².